The highest BCUT2D eigenvalue weighted by molar-refractivity contribution is 6.39. The van der Waals surface area contributed by atoms with Crippen molar-refractivity contribution in [1.29, 1.82) is 0 Å². The number of benzene rings is 1. The number of nitrogens with one attached hydrogen (secondary N) is 1. The molecule has 0 aliphatic carbocycles. The van der Waals surface area contributed by atoms with E-state index >= 15 is 0 Å². The largest absolute Gasteiger partial charge is 0.396 e. The highest BCUT2D eigenvalue weighted by Crippen LogP contribution is 2.34. The van der Waals surface area contributed by atoms with Crippen LogP contribution in [0.25, 0.3) is 0 Å². The van der Waals surface area contributed by atoms with Gasteiger partial charge in [0, 0.05) is 25.4 Å². The number of hydrogen-bond donors (Lipinski definition) is 2. The molecule has 0 atom stereocenters. The molecule has 5 nitrogen and oxygen atoms in total. The molecule has 1 saturated heterocycles. The number of rotatable bonds is 3. The van der Waals surface area contributed by atoms with Gasteiger partial charge in [0.05, 0.1) is 0 Å². The van der Waals surface area contributed by atoms with Gasteiger partial charge in [0.25, 0.3) is 0 Å². The molecule has 0 saturated carbocycles. The minimum atomic E-state index is -0.603. The zero-order valence-corrected chi connectivity index (χ0v) is 12.3. The van der Waals surface area contributed by atoms with Crippen LogP contribution >= 0.6 is 0 Å². The Morgan fingerprint density at radius 3 is 2.38 bits per heavy atom. The van der Waals surface area contributed by atoms with Crippen molar-refractivity contribution < 1.29 is 14.7 Å². The molecule has 1 aromatic rings. The number of carbonyl (C=O) groups is 2. The molecular formula is C16H22N2O3. The van der Waals surface area contributed by atoms with Crippen molar-refractivity contribution in [2.75, 3.05) is 25.0 Å². The molecule has 21 heavy (non-hydrogen) atoms. The molecule has 1 aliphatic rings. The van der Waals surface area contributed by atoms with Crippen LogP contribution in [-0.4, -0.2) is 41.5 Å². The maximum Gasteiger partial charge on any atom is 0.313 e. The van der Waals surface area contributed by atoms with Crippen LogP contribution < -0.4 is 5.32 Å². The van der Waals surface area contributed by atoms with Gasteiger partial charge in [-0.25, -0.2) is 0 Å². The second-order valence-electron chi connectivity index (χ2n) is 5.62. The van der Waals surface area contributed by atoms with Crippen LogP contribution in [0, 0.1) is 5.41 Å². The number of aliphatic hydroxyl groups is 1. The Morgan fingerprint density at radius 2 is 1.86 bits per heavy atom. The van der Waals surface area contributed by atoms with E-state index in [1.165, 1.54) is 0 Å². The summed E-state index contributed by atoms with van der Waals surface area (Å²) < 4.78 is 0. The molecule has 1 aliphatic heterocycles. The fourth-order valence-electron chi connectivity index (χ4n) is 2.66. The molecule has 0 radical (unpaired) electrons. The lowest BCUT2D eigenvalue weighted by Gasteiger charge is -2.39. The second kappa shape index (κ2) is 6.72. The first-order valence-corrected chi connectivity index (χ1v) is 7.36. The molecule has 1 aromatic carbocycles. The summed E-state index contributed by atoms with van der Waals surface area (Å²) >= 11 is 0. The van der Waals surface area contributed by atoms with Gasteiger partial charge in [0.2, 0.25) is 0 Å². The highest BCUT2D eigenvalue weighted by atomic mass is 16.3. The number of amides is 2. The zero-order chi connectivity index (χ0) is 15.3. The van der Waals surface area contributed by atoms with E-state index in [-0.39, 0.29) is 12.0 Å². The highest BCUT2D eigenvalue weighted by Gasteiger charge is 2.35. The van der Waals surface area contributed by atoms with Crippen LogP contribution in [0.5, 0.6) is 0 Å². The first-order chi connectivity index (χ1) is 10.1. The van der Waals surface area contributed by atoms with Crippen molar-refractivity contribution in [3.05, 3.63) is 30.3 Å². The Kier molecular flexibility index (Phi) is 4.96. The van der Waals surface area contributed by atoms with E-state index in [1.807, 2.05) is 6.07 Å². The summed E-state index contributed by atoms with van der Waals surface area (Å²) in [5.74, 6) is -1.10. The van der Waals surface area contributed by atoms with E-state index in [2.05, 4.69) is 12.2 Å². The van der Waals surface area contributed by atoms with Gasteiger partial charge in [-0.05, 0) is 36.8 Å². The van der Waals surface area contributed by atoms with Gasteiger partial charge in [0.15, 0.2) is 0 Å². The minimum Gasteiger partial charge on any atom is -0.396 e. The minimum absolute atomic E-state index is 0.0906. The molecule has 0 bridgehead atoms. The summed E-state index contributed by atoms with van der Waals surface area (Å²) in [5, 5.41) is 12.1. The van der Waals surface area contributed by atoms with Crippen molar-refractivity contribution in [2.24, 2.45) is 5.41 Å². The molecule has 2 rings (SSSR count). The fraction of sp³-hybridized carbons (Fsp3) is 0.500. The maximum atomic E-state index is 12.1. The molecule has 2 N–H and O–H groups in total. The molecule has 0 spiro atoms. The molecule has 1 fully saturated rings. The molecule has 0 aromatic heterocycles. The van der Waals surface area contributed by atoms with Crippen molar-refractivity contribution in [1.82, 2.24) is 4.90 Å². The summed E-state index contributed by atoms with van der Waals surface area (Å²) in [6.45, 7) is 3.24. The third kappa shape index (κ3) is 3.61. The standard InChI is InChI=1S/C16H22N2O3/c1-2-16(12-19)8-10-18(11-9-16)15(21)14(20)17-13-6-4-3-5-7-13/h3-7,19H,2,8-12H2,1H3,(H,17,20). The summed E-state index contributed by atoms with van der Waals surface area (Å²) in [7, 11) is 0. The van der Waals surface area contributed by atoms with Gasteiger partial charge in [-0.2, -0.15) is 0 Å². The van der Waals surface area contributed by atoms with Gasteiger partial charge in [-0.15, -0.1) is 0 Å². The van der Waals surface area contributed by atoms with Crippen LogP contribution in [0.1, 0.15) is 26.2 Å². The summed E-state index contributed by atoms with van der Waals surface area (Å²) in [5.41, 5.74) is 0.526. The first-order valence-electron chi connectivity index (χ1n) is 7.36. The molecule has 114 valence electrons. The smallest absolute Gasteiger partial charge is 0.313 e. The summed E-state index contributed by atoms with van der Waals surface area (Å²) in [6.07, 6.45) is 2.37. The molecule has 2 amide bonds. The normalized spacial score (nSPS) is 17.3. The predicted molar refractivity (Wildman–Crippen MR) is 80.7 cm³/mol. The lowest BCUT2D eigenvalue weighted by Crippen LogP contribution is -2.48. The first kappa shape index (κ1) is 15.5. The number of para-hydroxylation sites is 1. The number of likely N-dealkylation sites (tertiary alicyclic amines) is 1. The van der Waals surface area contributed by atoms with Crippen LogP contribution in [0.4, 0.5) is 5.69 Å². The Balaban J connectivity index is 1.91. The predicted octanol–water partition coefficient (Wildman–Crippen LogP) is 1.64. The quantitative estimate of drug-likeness (QED) is 0.831. The Hall–Kier alpha value is -1.88. The van der Waals surface area contributed by atoms with Gasteiger partial charge in [0.1, 0.15) is 0 Å². The van der Waals surface area contributed by atoms with Crippen LogP contribution in [-0.2, 0) is 9.59 Å². The Bertz CT molecular complexity index is 488. The van der Waals surface area contributed by atoms with E-state index in [4.69, 9.17) is 0 Å². The van der Waals surface area contributed by atoms with Crippen molar-refractivity contribution >= 4 is 17.5 Å². The SMILES string of the molecule is CCC1(CO)CCN(C(=O)C(=O)Nc2ccccc2)CC1. The average Bonchev–Trinajstić information content (AvgIpc) is 2.55. The van der Waals surface area contributed by atoms with Gasteiger partial charge < -0.3 is 15.3 Å². The molecule has 1 heterocycles. The average molecular weight is 290 g/mol. The topological polar surface area (TPSA) is 69.6 Å². The van der Waals surface area contributed by atoms with Crippen molar-refractivity contribution in [2.45, 2.75) is 26.2 Å². The van der Waals surface area contributed by atoms with E-state index in [1.54, 1.807) is 29.2 Å². The Morgan fingerprint density at radius 1 is 1.24 bits per heavy atom. The number of anilines is 1. The molecule has 5 heteroatoms. The van der Waals surface area contributed by atoms with Gasteiger partial charge >= 0.3 is 11.8 Å². The third-order valence-corrected chi connectivity index (χ3v) is 4.42. The van der Waals surface area contributed by atoms with Gasteiger partial charge in [-0.3, -0.25) is 9.59 Å². The lowest BCUT2D eigenvalue weighted by molar-refractivity contribution is -0.145. The number of hydrogen-bond acceptors (Lipinski definition) is 3. The zero-order valence-electron chi connectivity index (χ0n) is 12.3. The van der Waals surface area contributed by atoms with E-state index in [0.29, 0.717) is 18.8 Å². The Labute approximate surface area is 125 Å². The maximum absolute atomic E-state index is 12.1. The van der Waals surface area contributed by atoms with E-state index in [9.17, 15) is 14.7 Å². The lowest BCUT2D eigenvalue weighted by atomic mass is 9.77. The fourth-order valence-corrected chi connectivity index (χ4v) is 2.66. The van der Waals surface area contributed by atoms with Crippen LogP contribution in [0.15, 0.2) is 30.3 Å². The number of carbonyl (C=O) groups excluding carboxylic acids is 2. The second-order valence-corrected chi connectivity index (χ2v) is 5.62. The van der Waals surface area contributed by atoms with Crippen molar-refractivity contribution in [3.8, 4) is 0 Å². The number of piperidine rings is 1. The van der Waals surface area contributed by atoms with Crippen LogP contribution in [0.2, 0.25) is 0 Å². The van der Waals surface area contributed by atoms with Gasteiger partial charge in [-0.1, -0.05) is 25.1 Å². The monoisotopic (exact) mass is 290 g/mol. The summed E-state index contributed by atoms with van der Waals surface area (Å²) in [4.78, 5) is 25.7. The molecule has 0 unspecified atom stereocenters. The number of aliphatic hydroxyl groups excluding tert-OH is 1. The number of nitrogens with zero attached hydrogens (tertiary/aromatic N) is 1. The van der Waals surface area contributed by atoms with E-state index in [0.717, 1.165) is 19.3 Å². The summed E-state index contributed by atoms with van der Waals surface area (Å²) in [6, 6.07) is 8.95. The third-order valence-electron chi connectivity index (χ3n) is 4.42. The molecular weight excluding hydrogens is 268 g/mol. The van der Waals surface area contributed by atoms with Crippen molar-refractivity contribution in [3.63, 3.8) is 0 Å². The van der Waals surface area contributed by atoms with E-state index < -0.39 is 11.8 Å². The van der Waals surface area contributed by atoms with Crippen LogP contribution in [0.3, 0.4) is 0 Å².